The maximum Gasteiger partial charge on any atom is 0.287 e. The van der Waals surface area contributed by atoms with Crippen molar-refractivity contribution < 1.29 is 67.7 Å². The molecule has 1 aliphatic rings. The van der Waals surface area contributed by atoms with E-state index in [1.54, 1.807) is 51.1 Å². The number of hydrogen-bond acceptors (Lipinski definition) is 18. The van der Waals surface area contributed by atoms with E-state index in [1.807, 2.05) is 0 Å². The molecule has 11 atom stereocenters. The maximum atomic E-state index is 14.4. The molecule has 2 heterocycles. The lowest BCUT2D eigenvalue weighted by Gasteiger charge is -2.33. The first-order valence-corrected chi connectivity index (χ1v) is 25.1. The van der Waals surface area contributed by atoms with Crippen LogP contribution in [-0.4, -0.2) is 180 Å². The summed E-state index contributed by atoms with van der Waals surface area (Å²) in [5.74, 6) is -8.59. The van der Waals surface area contributed by atoms with Crippen molar-refractivity contribution in [2.45, 2.75) is 139 Å². The van der Waals surface area contributed by atoms with Crippen molar-refractivity contribution in [3.8, 4) is 0 Å². The number of benzene rings is 1. The Hall–Kier alpha value is -6.88. The van der Waals surface area contributed by atoms with Gasteiger partial charge in [0.25, 0.3) is 5.91 Å². The van der Waals surface area contributed by atoms with Crippen LogP contribution in [0.3, 0.4) is 0 Å². The van der Waals surface area contributed by atoms with Gasteiger partial charge in [0.1, 0.15) is 65.9 Å². The zero-order chi connectivity index (χ0) is 56.7. The third kappa shape index (κ3) is 19.7. The van der Waals surface area contributed by atoms with Crippen LogP contribution in [0.5, 0.6) is 0 Å². The van der Waals surface area contributed by atoms with E-state index in [0.717, 1.165) is 0 Å². The summed E-state index contributed by atoms with van der Waals surface area (Å²) in [7, 11) is 0. The summed E-state index contributed by atoms with van der Waals surface area (Å²) in [6.07, 6.45) is -3.71. The summed E-state index contributed by atoms with van der Waals surface area (Å²) in [6.45, 7) is 5.11. The van der Waals surface area contributed by atoms with Crippen LogP contribution in [0, 0.1) is 12.8 Å². The van der Waals surface area contributed by atoms with E-state index < -0.39 is 145 Å². The molecule has 2 aromatic rings. The quantitative estimate of drug-likeness (QED) is 0.0549. The van der Waals surface area contributed by atoms with Crippen LogP contribution in [0.1, 0.15) is 81.7 Å². The van der Waals surface area contributed by atoms with Gasteiger partial charge in [0, 0.05) is 19.5 Å². The van der Waals surface area contributed by atoms with Crippen molar-refractivity contribution in [2.24, 2.45) is 23.1 Å². The number of nitrogens with two attached hydrogens (primary N) is 3. The Kier molecular flexibility index (Phi) is 26.1. The minimum absolute atomic E-state index is 0.0434. The van der Waals surface area contributed by atoms with E-state index in [4.69, 9.17) is 21.6 Å². The van der Waals surface area contributed by atoms with Crippen molar-refractivity contribution in [3.63, 3.8) is 0 Å². The van der Waals surface area contributed by atoms with E-state index in [0.29, 0.717) is 17.6 Å². The highest BCUT2D eigenvalue weighted by molar-refractivity contribution is 5.99. The van der Waals surface area contributed by atoms with Crippen LogP contribution in [-0.2, 0) is 49.6 Å². The zero-order valence-electron chi connectivity index (χ0n) is 43.5. The number of aryl methyl sites for hydroxylation is 1. The van der Waals surface area contributed by atoms with Crippen molar-refractivity contribution in [3.05, 3.63) is 59.5 Å². The van der Waals surface area contributed by atoms with Crippen molar-refractivity contribution >= 4 is 59.5 Å². The van der Waals surface area contributed by atoms with Crippen LogP contribution >= 0.6 is 0 Å². The molecular weight excluding hydrogens is 995 g/mol. The maximum absolute atomic E-state index is 14.4. The lowest BCUT2D eigenvalue weighted by atomic mass is 9.94. The lowest BCUT2D eigenvalue weighted by molar-refractivity contribution is -0.136. The molecular formula is C49H77N13O14. The van der Waals surface area contributed by atoms with E-state index >= 15 is 0 Å². The first-order valence-electron chi connectivity index (χ1n) is 25.1. The highest BCUT2D eigenvalue weighted by atomic mass is 16.4. The summed E-state index contributed by atoms with van der Waals surface area (Å²) in [5.41, 5.74) is 16.4. The number of carbonyl (C=O) groups is 10. The number of furan rings is 1. The van der Waals surface area contributed by atoms with Gasteiger partial charge in [-0.25, -0.2) is 0 Å². The van der Waals surface area contributed by atoms with Gasteiger partial charge in [-0.2, -0.15) is 0 Å². The summed E-state index contributed by atoms with van der Waals surface area (Å²) in [6, 6.07) is -0.934. The monoisotopic (exact) mass is 1070 g/mol. The molecule has 27 nitrogen and oxygen atoms in total. The SMILES string of the molecule is Cc1ccc(C(=O)N[C@H](C(=O)N[C@H](CO)C(=O)N[C@H]2CCNC(=O)[C@H]([C@@H](C)O)NC[C@@](C=O)(CCN)NC(=O)[C@H](CCN)NC(=O)[C@H](CC(C)C)NC(=O)[C@@H](Cc3ccccc3)NC(=O)[C@H](CCN)NC2=O)[C@@H](C)O)o1. The van der Waals surface area contributed by atoms with Crippen LogP contribution < -0.4 is 70.4 Å². The number of hydrogen-bond donors (Lipinski definition) is 16. The van der Waals surface area contributed by atoms with Crippen molar-refractivity contribution in [1.29, 1.82) is 0 Å². The predicted molar refractivity (Wildman–Crippen MR) is 274 cm³/mol. The number of aldehydes is 1. The largest absolute Gasteiger partial charge is 0.456 e. The van der Waals surface area contributed by atoms with Gasteiger partial charge in [-0.15, -0.1) is 0 Å². The molecule has 9 amide bonds. The minimum atomic E-state index is -1.83. The highest BCUT2D eigenvalue weighted by Gasteiger charge is 2.39. The molecule has 0 spiro atoms. The predicted octanol–water partition coefficient (Wildman–Crippen LogP) is -5.78. The molecule has 1 aliphatic heterocycles. The number of aliphatic hydroxyl groups is 3. The molecule has 0 aliphatic carbocycles. The van der Waals surface area contributed by atoms with Gasteiger partial charge in [0.15, 0.2) is 5.76 Å². The fraction of sp³-hybridized carbons (Fsp3) is 0.592. The number of aliphatic hydroxyl groups excluding tert-OH is 3. The molecule has 0 bridgehead atoms. The van der Waals surface area contributed by atoms with Gasteiger partial charge in [0.2, 0.25) is 47.3 Å². The summed E-state index contributed by atoms with van der Waals surface area (Å²) >= 11 is 0. The smallest absolute Gasteiger partial charge is 0.287 e. The fourth-order valence-corrected chi connectivity index (χ4v) is 8.03. The van der Waals surface area contributed by atoms with E-state index in [2.05, 4.69) is 53.2 Å². The Morgan fingerprint density at radius 2 is 1.36 bits per heavy atom. The van der Waals surface area contributed by atoms with Crippen LogP contribution in [0.2, 0.25) is 0 Å². The van der Waals surface area contributed by atoms with Crippen LogP contribution in [0.4, 0.5) is 0 Å². The Morgan fingerprint density at radius 1 is 0.763 bits per heavy atom. The van der Waals surface area contributed by atoms with Gasteiger partial charge in [-0.3, -0.25) is 43.2 Å². The fourth-order valence-electron chi connectivity index (χ4n) is 8.03. The number of carbonyl (C=O) groups excluding carboxylic acids is 10. The topological polar surface area (TPSA) is 443 Å². The molecule has 1 fully saturated rings. The first kappa shape index (κ1) is 63.4. The molecule has 1 aromatic heterocycles. The van der Waals surface area contributed by atoms with Gasteiger partial charge in [-0.1, -0.05) is 44.2 Å². The molecule has 0 unspecified atom stereocenters. The second kappa shape index (κ2) is 31.2. The molecule has 3 rings (SSSR count). The molecule has 76 heavy (non-hydrogen) atoms. The molecule has 422 valence electrons. The molecule has 19 N–H and O–H groups in total. The number of rotatable bonds is 20. The van der Waals surface area contributed by atoms with Gasteiger partial charge < -0.3 is 94.9 Å². The standard InChI is InChI=1S/C49H77N13O14/c1-26(2)21-34-42(69)56-32(14-18-51)45(72)62-49(25-64,16-19-52)24-54-38(28(4)65)47(74)53-20-15-33(41(68)55-31(13-17-50)40(67)59-35(43(70)58-34)22-30-9-7-6-8-10-30)57-44(71)36(23-63)60-48(75)39(29(5)66)61-46(73)37-12-11-27(3)76-37/h6-12,25-26,28-29,31-36,38-39,54,63,65-66H,13-24,50-52H2,1-5H3,(H,53,74)(H,55,68)(H,56,69)(H,57,71)(H,58,70)(H,59,67)(H,60,75)(H,61,73)(H,62,72)/t28-,29-,31+,32+,33+,34+,35-,36-,38+,39+,49-/m1/s1. The third-order valence-electron chi connectivity index (χ3n) is 12.2. The van der Waals surface area contributed by atoms with Gasteiger partial charge in [0.05, 0.1) is 18.8 Å². The summed E-state index contributed by atoms with van der Waals surface area (Å²) in [4.78, 5) is 138. The second-order valence-electron chi connectivity index (χ2n) is 19.1. The molecule has 0 saturated carbocycles. The minimum Gasteiger partial charge on any atom is -0.456 e. The summed E-state index contributed by atoms with van der Waals surface area (Å²) < 4.78 is 5.28. The normalized spacial score (nSPS) is 24.4. The highest BCUT2D eigenvalue weighted by Crippen LogP contribution is 2.13. The first-order chi connectivity index (χ1) is 36.0. The van der Waals surface area contributed by atoms with Crippen molar-refractivity contribution in [1.82, 2.24) is 53.2 Å². The molecule has 0 radical (unpaired) electrons. The van der Waals surface area contributed by atoms with E-state index in [1.165, 1.54) is 26.0 Å². The zero-order valence-corrected chi connectivity index (χ0v) is 43.5. The third-order valence-corrected chi connectivity index (χ3v) is 12.2. The van der Waals surface area contributed by atoms with Crippen molar-refractivity contribution in [2.75, 3.05) is 39.3 Å². The lowest BCUT2D eigenvalue weighted by Crippen LogP contribution is -2.64. The van der Waals surface area contributed by atoms with Gasteiger partial charge >= 0.3 is 0 Å². The average Bonchev–Trinajstić information content (AvgIpc) is 3.81. The Labute approximate surface area is 440 Å². The Morgan fingerprint density at radius 3 is 1.91 bits per heavy atom. The molecule has 1 saturated heterocycles. The van der Waals surface area contributed by atoms with E-state index in [9.17, 15) is 63.3 Å². The number of amides is 9. The van der Waals surface area contributed by atoms with Crippen LogP contribution in [0.15, 0.2) is 46.9 Å². The molecule has 27 heteroatoms. The van der Waals surface area contributed by atoms with E-state index in [-0.39, 0.29) is 63.4 Å². The molecule has 1 aromatic carbocycles. The Balaban J connectivity index is 2.11. The number of nitrogens with one attached hydrogen (secondary N) is 10. The van der Waals surface area contributed by atoms with Crippen LogP contribution in [0.25, 0.3) is 0 Å². The average molecular weight is 1070 g/mol. The van der Waals surface area contributed by atoms with Gasteiger partial charge in [-0.05, 0) is 96.1 Å². The second-order valence-corrected chi connectivity index (χ2v) is 19.1. The summed E-state index contributed by atoms with van der Waals surface area (Å²) in [5, 5.41) is 56.9. The Bertz CT molecular complexity index is 2280.